The van der Waals surface area contributed by atoms with Crippen molar-refractivity contribution >= 4 is 11.9 Å². The molecule has 0 saturated carbocycles. The van der Waals surface area contributed by atoms with Gasteiger partial charge in [-0.25, -0.2) is 9.48 Å². The first kappa shape index (κ1) is 15.9. The largest absolute Gasteiger partial charge is 0.493 e. The van der Waals surface area contributed by atoms with Crippen LogP contribution in [0, 0.1) is 0 Å². The fraction of sp³-hybridized carbons (Fsp3) is 0.312. The third kappa shape index (κ3) is 2.78. The number of ether oxygens (including phenoxy) is 2. The second kappa shape index (κ2) is 6.23. The number of rotatable bonds is 5. The molecule has 0 fully saturated rings. The number of aromatic nitrogens is 3. The van der Waals surface area contributed by atoms with Crippen molar-refractivity contribution in [2.24, 2.45) is 0 Å². The van der Waals surface area contributed by atoms with Gasteiger partial charge in [0, 0.05) is 5.56 Å². The number of para-hydroxylation sites is 1. The van der Waals surface area contributed by atoms with Crippen molar-refractivity contribution in [3.05, 3.63) is 41.9 Å². The Labute approximate surface area is 138 Å². The molecule has 1 aliphatic heterocycles. The molecule has 3 rings (SSSR count). The molecule has 0 spiro atoms. The summed E-state index contributed by atoms with van der Waals surface area (Å²) in [6.45, 7) is 3.83. The summed E-state index contributed by atoms with van der Waals surface area (Å²) in [5.41, 5.74) is 0.786. The normalized spacial score (nSPS) is 16.2. The molecule has 0 unspecified atom stereocenters. The number of aliphatic carboxylic acids is 1. The fourth-order valence-corrected chi connectivity index (χ4v) is 2.57. The molecular formula is C16H18N4O4. The van der Waals surface area contributed by atoms with Gasteiger partial charge in [0.1, 0.15) is 18.1 Å². The van der Waals surface area contributed by atoms with Crippen LogP contribution in [0.15, 0.2) is 36.3 Å². The van der Waals surface area contributed by atoms with E-state index >= 15 is 0 Å². The standard InChI is InChI=1S/C16H18N4O4/c1-9(2)24-14-10(5-4-6-13(14)23-3)12-7-11(15(21)22)19-16-17-8-18-20(12)16/h4-9,12H,1-3H3,(H,21,22)(H,17,18,19)/t12-/m1/s1. The zero-order valence-corrected chi connectivity index (χ0v) is 13.6. The smallest absolute Gasteiger partial charge is 0.352 e. The van der Waals surface area contributed by atoms with E-state index in [0.717, 1.165) is 5.56 Å². The van der Waals surface area contributed by atoms with Crippen LogP contribution in [0.1, 0.15) is 25.5 Å². The lowest BCUT2D eigenvalue weighted by molar-refractivity contribution is -0.132. The van der Waals surface area contributed by atoms with Crippen molar-refractivity contribution in [2.45, 2.75) is 26.0 Å². The Hall–Kier alpha value is -3.03. The van der Waals surface area contributed by atoms with Gasteiger partial charge in [-0.15, -0.1) is 0 Å². The molecule has 1 aliphatic rings. The Kier molecular flexibility index (Phi) is 4.11. The third-order valence-electron chi connectivity index (χ3n) is 3.54. The Balaban J connectivity index is 2.16. The topological polar surface area (TPSA) is 98.5 Å². The van der Waals surface area contributed by atoms with Gasteiger partial charge in [-0.3, -0.25) is 0 Å². The molecule has 1 atom stereocenters. The lowest BCUT2D eigenvalue weighted by atomic mass is 10.0. The second-order valence-corrected chi connectivity index (χ2v) is 5.53. The minimum atomic E-state index is -1.07. The first-order valence-electron chi connectivity index (χ1n) is 7.46. The minimum absolute atomic E-state index is 0.0406. The van der Waals surface area contributed by atoms with Crippen LogP contribution in [-0.4, -0.2) is 39.1 Å². The Morgan fingerprint density at radius 3 is 2.88 bits per heavy atom. The van der Waals surface area contributed by atoms with E-state index in [2.05, 4.69) is 15.4 Å². The summed E-state index contributed by atoms with van der Waals surface area (Å²) in [6.07, 6.45) is 2.88. The summed E-state index contributed by atoms with van der Waals surface area (Å²) >= 11 is 0. The number of hydrogen-bond donors (Lipinski definition) is 2. The molecule has 0 aliphatic carbocycles. The zero-order chi connectivity index (χ0) is 17.3. The van der Waals surface area contributed by atoms with Gasteiger partial charge in [0.25, 0.3) is 0 Å². The van der Waals surface area contributed by atoms with E-state index < -0.39 is 12.0 Å². The highest BCUT2D eigenvalue weighted by atomic mass is 16.5. The minimum Gasteiger partial charge on any atom is -0.493 e. The summed E-state index contributed by atoms with van der Waals surface area (Å²) in [6, 6.07) is 5.01. The molecular weight excluding hydrogens is 312 g/mol. The number of carbonyl (C=O) groups is 1. The lowest BCUT2D eigenvalue weighted by Gasteiger charge is -2.25. The zero-order valence-electron chi connectivity index (χ0n) is 13.6. The molecule has 0 amide bonds. The average Bonchev–Trinajstić information content (AvgIpc) is 3.02. The van der Waals surface area contributed by atoms with Gasteiger partial charge in [0.2, 0.25) is 5.95 Å². The fourth-order valence-electron chi connectivity index (χ4n) is 2.57. The number of allylic oxidation sites excluding steroid dienone is 1. The monoisotopic (exact) mass is 330 g/mol. The van der Waals surface area contributed by atoms with Gasteiger partial charge >= 0.3 is 5.97 Å². The number of nitrogens with one attached hydrogen (secondary N) is 1. The molecule has 2 aromatic rings. The molecule has 8 nitrogen and oxygen atoms in total. The van der Waals surface area contributed by atoms with E-state index in [4.69, 9.17) is 9.47 Å². The van der Waals surface area contributed by atoms with Gasteiger partial charge < -0.3 is 19.9 Å². The highest BCUT2D eigenvalue weighted by Gasteiger charge is 2.29. The lowest BCUT2D eigenvalue weighted by Crippen LogP contribution is -2.25. The predicted molar refractivity (Wildman–Crippen MR) is 86.3 cm³/mol. The Morgan fingerprint density at radius 2 is 2.21 bits per heavy atom. The SMILES string of the molecule is COc1cccc([C@H]2C=C(C(=O)O)Nc3ncnn32)c1OC(C)C. The predicted octanol–water partition coefficient (Wildman–Crippen LogP) is 2.06. The van der Waals surface area contributed by atoms with E-state index in [1.807, 2.05) is 26.0 Å². The van der Waals surface area contributed by atoms with Crippen molar-refractivity contribution in [1.82, 2.24) is 14.8 Å². The average molecular weight is 330 g/mol. The highest BCUT2D eigenvalue weighted by Crippen LogP contribution is 2.39. The van der Waals surface area contributed by atoms with Crippen LogP contribution in [0.5, 0.6) is 11.5 Å². The maximum Gasteiger partial charge on any atom is 0.352 e. The number of benzene rings is 1. The van der Waals surface area contributed by atoms with Crippen LogP contribution in [0.25, 0.3) is 0 Å². The van der Waals surface area contributed by atoms with Crippen LogP contribution in [-0.2, 0) is 4.79 Å². The Bertz CT molecular complexity index is 797. The van der Waals surface area contributed by atoms with E-state index in [9.17, 15) is 9.90 Å². The number of fused-ring (bicyclic) bond motifs is 1. The van der Waals surface area contributed by atoms with Crippen LogP contribution in [0.2, 0.25) is 0 Å². The first-order valence-corrected chi connectivity index (χ1v) is 7.46. The van der Waals surface area contributed by atoms with Crippen LogP contribution in [0.4, 0.5) is 5.95 Å². The van der Waals surface area contributed by atoms with Crippen LogP contribution < -0.4 is 14.8 Å². The second-order valence-electron chi connectivity index (χ2n) is 5.53. The molecule has 8 heteroatoms. The number of methoxy groups -OCH3 is 1. The maximum atomic E-state index is 11.4. The van der Waals surface area contributed by atoms with E-state index in [1.54, 1.807) is 23.9 Å². The van der Waals surface area contributed by atoms with Crippen LogP contribution >= 0.6 is 0 Å². The Morgan fingerprint density at radius 1 is 1.42 bits per heavy atom. The van der Waals surface area contributed by atoms with Gasteiger partial charge in [-0.2, -0.15) is 10.1 Å². The summed E-state index contributed by atoms with van der Waals surface area (Å²) in [5, 5.41) is 16.3. The first-order chi connectivity index (χ1) is 11.5. The number of carboxylic acid groups (broad SMARTS) is 1. The maximum absolute atomic E-state index is 11.4. The number of carboxylic acids is 1. The van der Waals surface area contributed by atoms with Gasteiger partial charge in [-0.05, 0) is 26.0 Å². The summed E-state index contributed by atoms with van der Waals surface area (Å²) < 4.78 is 12.9. The summed E-state index contributed by atoms with van der Waals surface area (Å²) in [4.78, 5) is 15.5. The molecule has 0 saturated heterocycles. The van der Waals surface area contributed by atoms with Gasteiger partial charge in [0.15, 0.2) is 11.5 Å². The van der Waals surface area contributed by atoms with E-state index in [-0.39, 0.29) is 11.8 Å². The van der Waals surface area contributed by atoms with Crippen molar-refractivity contribution < 1.29 is 19.4 Å². The van der Waals surface area contributed by atoms with Crippen molar-refractivity contribution in [2.75, 3.05) is 12.4 Å². The van der Waals surface area contributed by atoms with Gasteiger partial charge in [0.05, 0.1) is 13.2 Å². The van der Waals surface area contributed by atoms with Crippen molar-refractivity contribution in [3.8, 4) is 11.5 Å². The molecule has 1 aromatic heterocycles. The molecule has 0 bridgehead atoms. The molecule has 24 heavy (non-hydrogen) atoms. The van der Waals surface area contributed by atoms with Crippen LogP contribution in [0.3, 0.4) is 0 Å². The van der Waals surface area contributed by atoms with Gasteiger partial charge in [-0.1, -0.05) is 12.1 Å². The van der Waals surface area contributed by atoms with E-state index in [0.29, 0.717) is 17.4 Å². The number of anilines is 1. The molecule has 2 N–H and O–H groups in total. The molecule has 126 valence electrons. The number of nitrogens with zero attached hydrogens (tertiary/aromatic N) is 3. The molecule has 1 aromatic carbocycles. The molecule has 0 radical (unpaired) electrons. The van der Waals surface area contributed by atoms with Crippen molar-refractivity contribution in [3.63, 3.8) is 0 Å². The quantitative estimate of drug-likeness (QED) is 0.865. The summed E-state index contributed by atoms with van der Waals surface area (Å²) in [7, 11) is 1.56. The molecule has 2 heterocycles. The third-order valence-corrected chi connectivity index (χ3v) is 3.54. The summed E-state index contributed by atoms with van der Waals surface area (Å²) in [5.74, 6) is 0.428. The van der Waals surface area contributed by atoms with E-state index in [1.165, 1.54) is 6.33 Å². The number of hydrogen-bond acceptors (Lipinski definition) is 6. The highest BCUT2D eigenvalue weighted by molar-refractivity contribution is 5.90. The van der Waals surface area contributed by atoms with Crippen molar-refractivity contribution in [1.29, 1.82) is 0 Å².